The Morgan fingerprint density at radius 3 is 2.56 bits per heavy atom. The van der Waals surface area contributed by atoms with Crippen LogP contribution in [0.25, 0.3) is 0 Å². The van der Waals surface area contributed by atoms with Crippen molar-refractivity contribution >= 4 is 11.8 Å². The van der Waals surface area contributed by atoms with Crippen LogP contribution in [0.2, 0.25) is 0 Å². The van der Waals surface area contributed by atoms with Gasteiger partial charge in [-0.05, 0) is 17.7 Å². The van der Waals surface area contributed by atoms with Gasteiger partial charge in [0.2, 0.25) is 0 Å². The van der Waals surface area contributed by atoms with E-state index in [4.69, 9.17) is 6.42 Å². The third-order valence-corrected chi connectivity index (χ3v) is 2.72. The molecule has 1 aromatic carbocycles. The highest BCUT2D eigenvalue weighted by Crippen LogP contribution is 2.07. The molecule has 0 aliphatic rings. The molecule has 0 saturated carbocycles. The molecule has 1 N–H and O–H groups in total. The number of thioether (sulfide) groups is 1. The molecule has 86 valence electrons. The normalized spacial score (nSPS) is 10.1. The van der Waals surface area contributed by atoms with Crippen LogP contribution in [0.5, 0.6) is 0 Å². The van der Waals surface area contributed by atoms with E-state index in [9.17, 15) is 8.78 Å². The molecule has 1 aromatic rings. The molecule has 0 aliphatic heterocycles. The van der Waals surface area contributed by atoms with Crippen molar-refractivity contribution in [3.63, 3.8) is 0 Å². The second kappa shape index (κ2) is 7.26. The van der Waals surface area contributed by atoms with Gasteiger partial charge in [0, 0.05) is 24.9 Å². The van der Waals surface area contributed by atoms with Crippen LogP contribution < -0.4 is 5.32 Å². The minimum absolute atomic E-state index is 0.464. The molecule has 0 atom stereocenters. The van der Waals surface area contributed by atoms with E-state index in [1.807, 2.05) is 0 Å². The fraction of sp³-hybridized carbons (Fsp3) is 0.333. The molecule has 1 rings (SSSR count). The summed E-state index contributed by atoms with van der Waals surface area (Å²) in [5, 5.41) is 3.09. The Balaban J connectivity index is 2.24. The maximum Gasteiger partial charge on any atom is 0.126 e. The highest BCUT2D eigenvalue weighted by atomic mass is 32.2. The van der Waals surface area contributed by atoms with Crippen LogP contribution >= 0.6 is 11.8 Å². The van der Waals surface area contributed by atoms with Gasteiger partial charge in [-0.15, -0.1) is 18.2 Å². The van der Waals surface area contributed by atoms with Crippen molar-refractivity contribution in [2.45, 2.75) is 6.54 Å². The van der Waals surface area contributed by atoms with E-state index in [0.717, 1.165) is 18.4 Å². The van der Waals surface area contributed by atoms with Crippen molar-refractivity contribution in [2.24, 2.45) is 0 Å². The predicted octanol–water partition coefficient (Wildman–Crippen LogP) is 2.42. The van der Waals surface area contributed by atoms with Gasteiger partial charge >= 0.3 is 0 Å². The molecule has 0 unspecified atom stereocenters. The van der Waals surface area contributed by atoms with Crippen molar-refractivity contribution in [3.05, 3.63) is 35.4 Å². The highest BCUT2D eigenvalue weighted by molar-refractivity contribution is 7.99. The van der Waals surface area contributed by atoms with Crippen LogP contribution in [0.3, 0.4) is 0 Å². The lowest BCUT2D eigenvalue weighted by molar-refractivity contribution is 0.576. The smallest absolute Gasteiger partial charge is 0.126 e. The summed E-state index contributed by atoms with van der Waals surface area (Å²) in [6, 6.07) is 3.52. The molecule has 0 saturated heterocycles. The van der Waals surface area contributed by atoms with Gasteiger partial charge in [-0.2, -0.15) is 0 Å². The first kappa shape index (κ1) is 13.0. The maximum absolute atomic E-state index is 12.8. The molecule has 0 aromatic heterocycles. The Morgan fingerprint density at radius 1 is 1.25 bits per heavy atom. The SMILES string of the molecule is C#CCSCCNCc1cc(F)cc(F)c1. The number of hydrogen-bond donors (Lipinski definition) is 1. The Hall–Kier alpha value is -1.05. The summed E-state index contributed by atoms with van der Waals surface area (Å²) < 4.78 is 25.6. The van der Waals surface area contributed by atoms with E-state index in [1.54, 1.807) is 11.8 Å². The van der Waals surface area contributed by atoms with Gasteiger partial charge in [0.05, 0.1) is 5.75 Å². The number of rotatable bonds is 6. The first-order chi connectivity index (χ1) is 7.72. The first-order valence-corrected chi connectivity index (χ1v) is 6.04. The van der Waals surface area contributed by atoms with Crippen LogP contribution in [0.4, 0.5) is 8.78 Å². The Morgan fingerprint density at radius 2 is 1.94 bits per heavy atom. The van der Waals surface area contributed by atoms with Gasteiger partial charge in [0.25, 0.3) is 0 Å². The summed E-state index contributed by atoms with van der Waals surface area (Å²) in [5.41, 5.74) is 0.611. The predicted molar refractivity (Wildman–Crippen MR) is 64.2 cm³/mol. The van der Waals surface area contributed by atoms with Crippen molar-refractivity contribution < 1.29 is 8.78 Å². The van der Waals surface area contributed by atoms with Crippen LogP contribution in [0, 0.1) is 24.0 Å². The van der Waals surface area contributed by atoms with Gasteiger partial charge in [-0.3, -0.25) is 0 Å². The average Bonchev–Trinajstić information content (AvgIpc) is 2.22. The van der Waals surface area contributed by atoms with Crippen molar-refractivity contribution in [1.29, 1.82) is 0 Å². The zero-order valence-corrected chi connectivity index (χ0v) is 9.62. The van der Waals surface area contributed by atoms with Gasteiger partial charge < -0.3 is 5.32 Å². The Bertz CT molecular complexity index is 354. The van der Waals surface area contributed by atoms with Crippen molar-refractivity contribution in [1.82, 2.24) is 5.32 Å². The molecular weight excluding hydrogens is 228 g/mol. The molecular formula is C12H13F2NS. The van der Waals surface area contributed by atoms with E-state index >= 15 is 0 Å². The third kappa shape index (κ3) is 5.15. The first-order valence-electron chi connectivity index (χ1n) is 4.89. The Labute approximate surface area is 98.6 Å². The lowest BCUT2D eigenvalue weighted by atomic mass is 10.2. The van der Waals surface area contributed by atoms with Crippen molar-refractivity contribution in [3.8, 4) is 12.3 Å². The maximum atomic E-state index is 12.8. The number of benzene rings is 1. The summed E-state index contributed by atoms with van der Waals surface area (Å²) in [5.74, 6) is 3.02. The average molecular weight is 241 g/mol. The van der Waals surface area contributed by atoms with E-state index in [0.29, 0.717) is 17.9 Å². The Kier molecular flexibility index (Phi) is 5.91. The topological polar surface area (TPSA) is 12.0 Å². The fourth-order valence-electron chi connectivity index (χ4n) is 1.22. The molecule has 0 aliphatic carbocycles. The highest BCUT2D eigenvalue weighted by Gasteiger charge is 1.99. The number of nitrogens with one attached hydrogen (secondary N) is 1. The number of halogens is 2. The second-order valence-corrected chi connectivity index (χ2v) is 4.32. The quantitative estimate of drug-likeness (QED) is 0.606. The molecule has 0 amide bonds. The monoisotopic (exact) mass is 241 g/mol. The van der Waals surface area contributed by atoms with E-state index in [1.165, 1.54) is 12.1 Å². The van der Waals surface area contributed by atoms with Gasteiger partial charge in [0.1, 0.15) is 11.6 Å². The van der Waals surface area contributed by atoms with Crippen LogP contribution in [0.1, 0.15) is 5.56 Å². The lowest BCUT2D eigenvalue weighted by Crippen LogP contribution is -2.16. The van der Waals surface area contributed by atoms with Crippen LogP contribution in [-0.2, 0) is 6.54 Å². The molecule has 0 radical (unpaired) electrons. The van der Waals surface area contributed by atoms with Gasteiger partial charge in [-0.25, -0.2) is 8.78 Å². The molecule has 0 heterocycles. The third-order valence-electron chi connectivity index (χ3n) is 1.86. The summed E-state index contributed by atoms with van der Waals surface area (Å²) in [6.45, 7) is 1.23. The van der Waals surface area contributed by atoms with Crippen molar-refractivity contribution in [2.75, 3.05) is 18.1 Å². The van der Waals surface area contributed by atoms with Crippen LogP contribution in [0.15, 0.2) is 18.2 Å². The van der Waals surface area contributed by atoms with E-state index < -0.39 is 11.6 Å². The van der Waals surface area contributed by atoms with Gasteiger partial charge in [0.15, 0.2) is 0 Å². The van der Waals surface area contributed by atoms with Crippen LogP contribution in [-0.4, -0.2) is 18.1 Å². The summed E-state index contributed by atoms with van der Waals surface area (Å²) >= 11 is 1.65. The molecule has 0 bridgehead atoms. The van der Waals surface area contributed by atoms with E-state index in [-0.39, 0.29) is 0 Å². The summed E-state index contributed by atoms with van der Waals surface area (Å²) in [4.78, 5) is 0. The molecule has 4 heteroatoms. The molecule has 1 nitrogen and oxygen atoms in total. The summed E-state index contributed by atoms with van der Waals surface area (Å²) in [6.07, 6.45) is 5.09. The lowest BCUT2D eigenvalue weighted by Gasteiger charge is -2.04. The fourth-order valence-corrected chi connectivity index (χ4v) is 1.77. The molecule has 0 fully saturated rings. The largest absolute Gasteiger partial charge is 0.312 e. The minimum atomic E-state index is -0.543. The van der Waals surface area contributed by atoms with E-state index in [2.05, 4.69) is 11.2 Å². The minimum Gasteiger partial charge on any atom is -0.312 e. The zero-order valence-electron chi connectivity index (χ0n) is 8.80. The standard InChI is InChI=1S/C12H13F2NS/c1-2-4-16-5-3-15-9-10-6-11(13)8-12(14)7-10/h1,6-8,15H,3-5,9H2. The molecule has 0 spiro atoms. The van der Waals surface area contributed by atoms with Gasteiger partial charge in [-0.1, -0.05) is 5.92 Å². The number of terminal acetylenes is 1. The summed E-state index contributed by atoms with van der Waals surface area (Å²) in [7, 11) is 0. The number of hydrogen-bond acceptors (Lipinski definition) is 2. The second-order valence-electron chi connectivity index (χ2n) is 3.21. The molecule has 16 heavy (non-hydrogen) atoms. The zero-order chi connectivity index (χ0) is 11.8.